The molecular weight excluding hydrogens is 286 g/mol. The molecule has 1 N–H and O–H groups in total. The Kier molecular flexibility index (Phi) is 5.54. The number of carbonyl (C=O) groups is 2. The summed E-state index contributed by atoms with van der Waals surface area (Å²) < 4.78 is 10.2. The first-order valence-corrected chi connectivity index (χ1v) is 7.65. The average Bonchev–Trinajstić information content (AvgIpc) is 2.94. The minimum atomic E-state index is -0.408. The molecule has 7 heteroatoms. The van der Waals surface area contributed by atoms with Gasteiger partial charge in [-0.1, -0.05) is 5.16 Å². The van der Waals surface area contributed by atoms with E-state index in [4.69, 9.17) is 9.26 Å². The molecule has 1 atom stereocenters. The number of hydrogen-bond donors (Lipinski definition) is 1. The highest BCUT2D eigenvalue weighted by molar-refractivity contribution is 5.92. The highest BCUT2D eigenvalue weighted by atomic mass is 16.5. The van der Waals surface area contributed by atoms with Crippen LogP contribution in [0.2, 0.25) is 0 Å². The van der Waals surface area contributed by atoms with E-state index in [1.165, 1.54) is 0 Å². The molecule has 1 aliphatic rings. The van der Waals surface area contributed by atoms with Crippen LogP contribution in [-0.2, 0) is 9.53 Å². The molecular formula is C15H23N3O4. The summed E-state index contributed by atoms with van der Waals surface area (Å²) in [6, 6.07) is 1.66. The van der Waals surface area contributed by atoms with Crippen molar-refractivity contribution >= 4 is 11.8 Å². The zero-order valence-corrected chi connectivity index (χ0v) is 13.3. The Hall–Kier alpha value is -1.89. The van der Waals surface area contributed by atoms with Crippen LogP contribution in [0.4, 0.5) is 0 Å². The molecule has 1 saturated heterocycles. The number of carbonyl (C=O) groups excluding carboxylic acids is 2. The lowest BCUT2D eigenvalue weighted by Gasteiger charge is -2.33. The molecule has 2 rings (SSSR count). The van der Waals surface area contributed by atoms with Crippen LogP contribution in [0, 0.1) is 6.92 Å². The van der Waals surface area contributed by atoms with Crippen LogP contribution in [0.5, 0.6) is 0 Å². The van der Waals surface area contributed by atoms with E-state index in [2.05, 4.69) is 10.5 Å². The standard InChI is InChI=1S/C15H23N3O4/c1-4-21-11(3)15(20)18-7-5-12(6-8-18)16-14(19)13-9-10(2)22-17-13/h9,11-12H,4-8H2,1-3H3,(H,16,19)/t11-/m1/s1. The van der Waals surface area contributed by atoms with Crippen molar-refractivity contribution in [2.24, 2.45) is 0 Å². The van der Waals surface area contributed by atoms with Gasteiger partial charge in [0.25, 0.3) is 11.8 Å². The number of aromatic nitrogens is 1. The van der Waals surface area contributed by atoms with Gasteiger partial charge < -0.3 is 19.5 Å². The van der Waals surface area contributed by atoms with E-state index >= 15 is 0 Å². The summed E-state index contributed by atoms with van der Waals surface area (Å²) in [6.07, 6.45) is 1.05. The molecule has 1 aliphatic heterocycles. The van der Waals surface area contributed by atoms with Crippen LogP contribution in [-0.4, -0.2) is 53.7 Å². The van der Waals surface area contributed by atoms with Crippen molar-refractivity contribution in [1.29, 1.82) is 0 Å². The second-order valence-corrected chi connectivity index (χ2v) is 5.49. The zero-order chi connectivity index (χ0) is 16.1. The predicted molar refractivity (Wildman–Crippen MR) is 79.4 cm³/mol. The summed E-state index contributed by atoms with van der Waals surface area (Å²) in [7, 11) is 0. The SMILES string of the molecule is CCO[C@H](C)C(=O)N1CCC(NC(=O)c2cc(C)on2)CC1. The fourth-order valence-corrected chi connectivity index (χ4v) is 2.56. The van der Waals surface area contributed by atoms with Crippen molar-refractivity contribution in [3.8, 4) is 0 Å². The van der Waals surface area contributed by atoms with E-state index in [0.29, 0.717) is 31.2 Å². The van der Waals surface area contributed by atoms with E-state index < -0.39 is 6.10 Å². The molecule has 2 amide bonds. The highest BCUT2D eigenvalue weighted by Gasteiger charge is 2.27. The molecule has 0 radical (unpaired) electrons. The lowest BCUT2D eigenvalue weighted by molar-refractivity contribution is -0.143. The third-order valence-electron chi connectivity index (χ3n) is 3.77. The quantitative estimate of drug-likeness (QED) is 0.881. The Balaban J connectivity index is 1.80. The van der Waals surface area contributed by atoms with E-state index in [1.54, 1.807) is 24.8 Å². The molecule has 0 bridgehead atoms. The molecule has 0 saturated carbocycles. The topological polar surface area (TPSA) is 84.7 Å². The minimum Gasteiger partial charge on any atom is -0.369 e. The molecule has 1 aromatic rings. The van der Waals surface area contributed by atoms with Crippen molar-refractivity contribution in [3.63, 3.8) is 0 Å². The number of rotatable bonds is 5. The Morgan fingerprint density at radius 2 is 2.18 bits per heavy atom. The fourth-order valence-electron chi connectivity index (χ4n) is 2.56. The summed E-state index contributed by atoms with van der Waals surface area (Å²) in [4.78, 5) is 25.9. The summed E-state index contributed by atoms with van der Waals surface area (Å²) in [6.45, 7) is 7.16. The van der Waals surface area contributed by atoms with Crippen molar-refractivity contribution in [2.45, 2.75) is 45.8 Å². The number of nitrogens with one attached hydrogen (secondary N) is 1. The maximum atomic E-state index is 12.1. The predicted octanol–water partition coefficient (Wildman–Crippen LogP) is 1.13. The van der Waals surface area contributed by atoms with Crippen molar-refractivity contribution in [1.82, 2.24) is 15.4 Å². The maximum absolute atomic E-state index is 12.1. The molecule has 0 unspecified atom stereocenters. The first-order chi connectivity index (χ1) is 10.5. The van der Waals surface area contributed by atoms with Gasteiger partial charge in [0, 0.05) is 31.8 Å². The van der Waals surface area contributed by atoms with Gasteiger partial charge in [-0.3, -0.25) is 9.59 Å². The van der Waals surface area contributed by atoms with Crippen LogP contribution in [0.15, 0.2) is 10.6 Å². The van der Waals surface area contributed by atoms with Gasteiger partial charge in [-0.15, -0.1) is 0 Å². The number of ether oxygens (including phenoxy) is 1. The number of hydrogen-bond acceptors (Lipinski definition) is 5. The normalized spacial score (nSPS) is 17.3. The largest absolute Gasteiger partial charge is 0.369 e. The minimum absolute atomic E-state index is 0.0127. The van der Waals surface area contributed by atoms with Crippen LogP contribution < -0.4 is 5.32 Å². The van der Waals surface area contributed by atoms with Gasteiger partial charge in [-0.25, -0.2) is 0 Å². The third-order valence-corrected chi connectivity index (χ3v) is 3.77. The maximum Gasteiger partial charge on any atom is 0.273 e. The summed E-state index contributed by atoms with van der Waals surface area (Å²) in [5.41, 5.74) is 0.293. The van der Waals surface area contributed by atoms with Crippen LogP contribution in [0.3, 0.4) is 0 Å². The summed E-state index contributed by atoms with van der Waals surface area (Å²) in [5.74, 6) is 0.388. The number of nitrogens with zero attached hydrogens (tertiary/aromatic N) is 2. The molecule has 1 aromatic heterocycles. The van der Waals surface area contributed by atoms with Gasteiger partial charge in [0.1, 0.15) is 11.9 Å². The monoisotopic (exact) mass is 309 g/mol. The number of aryl methyl sites for hydroxylation is 1. The Morgan fingerprint density at radius 3 is 2.73 bits per heavy atom. The lowest BCUT2D eigenvalue weighted by Crippen LogP contribution is -2.49. The molecule has 122 valence electrons. The van der Waals surface area contributed by atoms with Gasteiger partial charge >= 0.3 is 0 Å². The second kappa shape index (κ2) is 7.40. The molecule has 0 aliphatic carbocycles. The zero-order valence-electron chi connectivity index (χ0n) is 13.3. The first-order valence-electron chi connectivity index (χ1n) is 7.65. The number of amides is 2. The van der Waals surface area contributed by atoms with Crippen LogP contribution in [0.25, 0.3) is 0 Å². The molecule has 1 fully saturated rings. The van der Waals surface area contributed by atoms with Gasteiger partial charge in [-0.05, 0) is 33.6 Å². The Bertz CT molecular complexity index is 521. The Labute approximate surface area is 130 Å². The number of likely N-dealkylation sites (tertiary alicyclic amines) is 1. The average molecular weight is 309 g/mol. The fraction of sp³-hybridized carbons (Fsp3) is 0.667. The van der Waals surface area contributed by atoms with Crippen LogP contribution >= 0.6 is 0 Å². The van der Waals surface area contributed by atoms with Crippen molar-refractivity contribution in [3.05, 3.63) is 17.5 Å². The Morgan fingerprint density at radius 1 is 1.50 bits per heavy atom. The van der Waals surface area contributed by atoms with Gasteiger partial charge in [-0.2, -0.15) is 0 Å². The van der Waals surface area contributed by atoms with Gasteiger partial charge in [0.2, 0.25) is 0 Å². The van der Waals surface area contributed by atoms with E-state index in [-0.39, 0.29) is 17.9 Å². The second-order valence-electron chi connectivity index (χ2n) is 5.49. The van der Waals surface area contributed by atoms with E-state index in [1.807, 2.05) is 6.92 Å². The van der Waals surface area contributed by atoms with E-state index in [9.17, 15) is 9.59 Å². The molecule has 0 aromatic carbocycles. The van der Waals surface area contributed by atoms with Crippen molar-refractivity contribution in [2.75, 3.05) is 19.7 Å². The lowest BCUT2D eigenvalue weighted by atomic mass is 10.0. The van der Waals surface area contributed by atoms with Crippen LogP contribution in [0.1, 0.15) is 42.9 Å². The molecule has 22 heavy (non-hydrogen) atoms. The van der Waals surface area contributed by atoms with E-state index in [0.717, 1.165) is 12.8 Å². The molecule has 2 heterocycles. The summed E-state index contributed by atoms with van der Waals surface area (Å²) in [5, 5.41) is 6.63. The van der Waals surface area contributed by atoms with Crippen molar-refractivity contribution < 1.29 is 18.8 Å². The number of piperidine rings is 1. The smallest absolute Gasteiger partial charge is 0.273 e. The summed E-state index contributed by atoms with van der Waals surface area (Å²) >= 11 is 0. The molecule has 7 nitrogen and oxygen atoms in total. The van der Waals surface area contributed by atoms with Gasteiger partial charge in [0.05, 0.1) is 0 Å². The van der Waals surface area contributed by atoms with Gasteiger partial charge in [0.15, 0.2) is 5.69 Å². The molecule has 0 spiro atoms. The third kappa shape index (κ3) is 4.07. The first kappa shape index (κ1) is 16.5. The highest BCUT2D eigenvalue weighted by Crippen LogP contribution is 2.13.